The molecule has 0 spiro atoms. The highest BCUT2D eigenvalue weighted by molar-refractivity contribution is 5.93. The predicted octanol–water partition coefficient (Wildman–Crippen LogP) is 3.43. The third kappa shape index (κ3) is 1.83. The molecule has 120 valence electrons. The lowest BCUT2D eigenvalue weighted by molar-refractivity contribution is -0.114. The fourth-order valence-electron chi connectivity index (χ4n) is 5.92. The summed E-state index contributed by atoms with van der Waals surface area (Å²) in [5.41, 5.74) is 1.03. The van der Waals surface area contributed by atoms with E-state index < -0.39 is 5.60 Å². The summed E-state index contributed by atoms with van der Waals surface area (Å²) in [6.07, 6.45) is 16.1. The van der Waals surface area contributed by atoms with Crippen molar-refractivity contribution in [3.8, 4) is 12.3 Å². The number of ketones is 1. The van der Waals surface area contributed by atoms with Gasteiger partial charge in [0.05, 0.1) is 0 Å². The van der Waals surface area contributed by atoms with Crippen molar-refractivity contribution in [3.05, 3.63) is 36.0 Å². The van der Waals surface area contributed by atoms with Crippen LogP contribution in [0.1, 0.15) is 39.0 Å². The average Bonchev–Trinajstić information content (AvgIpc) is 2.79. The van der Waals surface area contributed by atoms with Gasteiger partial charge >= 0.3 is 0 Å². The maximum Gasteiger partial charge on any atom is 0.159 e. The number of terminal acetylenes is 1. The molecular formula is C21H24O2. The van der Waals surface area contributed by atoms with Gasteiger partial charge in [0.1, 0.15) is 5.60 Å². The minimum Gasteiger partial charge on any atom is -0.373 e. The normalized spacial score (nSPS) is 48.1. The molecule has 1 N–H and O–H groups in total. The molecule has 2 fully saturated rings. The lowest BCUT2D eigenvalue weighted by Gasteiger charge is -2.55. The van der Waals surface area contributed by atoms with Gasteiger partial charge in [-0.15, -0.1) is 6.42 Å². The van der Waals surface area contributed by atoms with Crippen molar-refractivity contribution in [3.63, 3.8) is 0 Å². The van der Waals surface area contributed by atoms with Gasteiger partial charge in [-0.2, -0.15) is 0 Å². The molecule has 0 aromatic carbocycles. The molecule has 4 aliphatic carbocycles. The SMILES string of the molecule is C#C[C@@]1(O)C=C[C@H]2[C@@H]3CCC4=CC(=O)CC(=C)[C@@H]4[C@H]3CC[C@@]21C. The van der Waals surface area contributed by atoms with Crippen molar-refractivity contribution in [1.82, 2.24) is 0 Å². The van der Waals surface area contributed by atoms with Gasteiger partial charge < -0.3 is 5.11 Å². The van der Waals surface area contributed by atoms with Crippen LogP contribution in [0, 0.1) is 41.4 Å². The van der Waals surface area contributed by atoms with E-state index >= 15 is 0 Å². The standard InChI is InChI=1S/C21H24O2/c1-4-21(23)10-8-18-16-6-5-14-12-15(22)11-13(2)19(14)17(16)7-9-20(18,21)3/h1,8,10,12,16-19,23H,2,5-7,9,11H2,3H3/t16-,17+,18+,19+,20+,21-/m1/s1. The number of carbonyl (C=O) groups is 1. The van der Waals surface area contributed by atoms with E-state index in [0.717, 1.165) is 31.3 Å². The van der Waals surface area contributed by atoms with E-state index in [0.29, 0.717) is 30.1 Å². The van der Waals surface area contributed by atoms with Crippen molar-refractivity contribution < 1.29 is 9.90 Å². The Morgan fingerprint density at radius 2 is 2.17 bits per heavy atom. The minimum atomic E-state index is -1.11. The summed E-state index contributed by atoms with van der Waals surface area (Å²) >= 11 is 0. The van der Waals surface area contributed by atoms with Gasteiger partial charge in [0, 0.05) is 17.8 Å². The molecule has 0 heterocycles. The van der Waals surface area contributed by atoms with E-state index in [9.17, 15) is 9.90 Å². The van der Waals surface area contributed by atoms with Crippen LogP contribution in [0.2, 0.25) is 0 Å². The van der Waals surface area contributed by atoms with Gasteiger partial charge in [-0.05, 0) is 55.6 Å². The van der Waals surface area contributed by atoms with Gasteiger partial charge in [-0.1, -0.05) is 36.6 Å². The van der Waals surface area contributed by atoms with Crippen LogP contribution < -0.4 is 0 Å². The molecule has 2 heteroatoms. The Bertz CT molecular complexity index is 691. The lowest BCUT2D eigenvalue weighted by Crippen LogP contribution is -2.52. The Kier molecular flexibility index (Phi) is 3.06. The third-order valence-corrected chi connectivity index (χ3v) is 7.16. The van der Waals surface area contributed by atoms with Gasteiger partial charge in [0.2, 0.25) is 0 Å². The topological polar surface area (TPSA) is 37.3 Å². The summed E-state index contributed by atoms with van der Waals surface area (Å²) in [5.74, 6) is 4.61. The van der Waals surface area contributed by atoms with Crippen LogP contribution in [0.3, 0.4) is 0 Å². The zero-order valence-corrected chi connectivity index (χ0v) is 13.7. The predicted molar refractivity (Wildman–Crippen MR) is 90.3 cm³/mol. The first-order valence-corrected chi connectivity index (χ1v) is 8.70. The van der Waals surface area contributed by atoms with Crippen LogP contribution in [-0.4, -0.2) is 16.5 Å². The lowest BCUT2D eigenvalue weighted by atomic mass is 9.50. The highest BCUT2D eigenvalue weighted by Crippen LogP contribution is 2.62. The van der Waals surface area contributed by atoms with E-state index in [1.54, 1.807) is 0 Å². The van der Waals surface area contributed by atoms with E-state index in [1.807, 2.05) is 12.2 Å². The van der Waals surface area contributed by atoms with E-state index in [2.05, 4.69) is 25.5 Å². The summed E-state index contributed by atoms with van der Waals surface area (Å²) in [6.45, 7) is 6.38. The molecule has 0 aromatic rings. The first-order valence-electron chi connectivity index (χ1n) is 8.70. The van der Waals surface area contributed by atoms with Crippen LogP contribution in [0.4, 0.5) is 0 Å². The van der Waals surface area contributed by atoms with Crippen molar-refractivity contribution in [2.45, 2.75) is 44.6 Å². The zero-order chi connectivity index (χ0) is 16.4. The molecule has 23 heavy (non-hydrogen) atoms. The number of hydrogen-bond donors (Lipinski definition) is 1. The molecule has 4 aliphatic rings. The summed E-state index contributed by atoms with van der Waals surface area (Å²) in [5, 5.41) is 10.9. The average molecular weight is 308 g/mol. The van der Waals surface area contributed by atoms with Crippen LogP contribution in [-0.2, 0) is 4.79 Å². The fourth-order valence-corrected chi connectivity index (χ4v) is 5.92. The summed E-state index contributed by atoms with van der Waals surface area (Å²) < 4.78 is 0. The molecule has 0 amide bonds. The molecule has 6 atom stereocenters. The molecule has 4 rings (SSSR count). The summed E-state index contributed by atoms with van der Waals surface area (Å²) in [4.78, 5) is 11.8. The summed E-state index contributed by atoms with van der Waals surface area (Å²) in [6, 6.07) is 0. The highest BCUT2D eigenvalue weighted by Gasteiger charge is 2.59. The van der Waals surface area contributed by atoms with Crippen LogP contribution in [0.25, 0.3) is 0 Å². The molecule has 0 radical (unpaired) electrons. The second kappa shape index (κ2) is 4.71. The maximum absolute atomic E-state index is 11.8. The van der Waals surface area contributed by atoms with Crippen LogP contribution in [0.15, 0.2) is 36.0 Å². The van der Waals surface area contributed by atoms with Crippen molar-refractivity contribution >= 4 is 5.78 Å². The molecule has 0 unspecified atom stereocenters. The summed E-state index contributed by atoms with van der Waals surface area (Å²) in [7, 11) is 0. The van der Waals surface area contributed by atoms with Gasteiger partial charge in [0.25, 0.3) is 0 Å². The Hall–Kier alpha value is -1.59. The first kappa shape index (κ1) is 15.0. The monoisotopic (exact) mass is 308 g/mol. The Morgan fingerprint density at radius 3 is 2.91 bits per heavy atom. The number of carbonyl (C=O) groups excluding carboxylic acids is 1. The largest absolute Gasteiger partial charge is 0.373 e. The smallest absolute Gasteiger partial charge is 0.159 e. The minimum absolute atomic E-state index is 0.211. The molecule has 2 nitrogen and oxygen atoms in total. The van der Waals surface area contributed by atoms with Gasteiger partial charge in [-0.25, -0.2) is 0 Å². The van der Waals surface area contributed by atoms with Crippen LogP contribution >= 0.6 is 0 Å². The van der Waals surface area contributed by atoms with Crippen molar-refractivity contribution in [2.24, 2.45) is 29.1 Å². The molecule has 0 bridgehead atoms. The first-order chi connectivity index (χ1) is 10.9. The Labute approximate surface area is 138 Å². The quantitative estimate of drug-likeness (QED) is 0.550. The van der Waals surface area contributed by atoms with E-state index in [-0.39, 0.29) is 11.2 Å². The number of aliphatic hydroxyl groups is 1. The maximum atomic E-state index is 11.8. The number of rotatable bonds is 0. The molecule has 0 saturated heterocycles. The number of hydrogen-bond acceptors (Lipinski definition) is 2. The zero-order valence-electron chi connectivity index (χ0n) is 13.7. The Balaban J connectivity index is 1.70. The van der Waals surface area contributed by atoms with Crippen LogP contribution in [0.5, 0.6) is 0 Å². The molecular weight excluding hydrogens is 284 g/mol. The third-order valence-electron chi connectivity index (χ3n) is 7.16. The fraction of sp³-hybridized carbons (Fsp3) is 0.571. The molecule has 2 saturated carbocycles. The molecule has 0 aromatic heterocycles. The highest BCUT2D eigenvalue weighted by atomic mass is 16.3. The second-order valence-corrected chi connectivity index (χ2v) is 8.12. The van der Waals surface area contributed by atoms with E-state index in [1.165, 1.54) is 5.57 Å². The second-order valence-electron chi connectivity index (χ2n) is 8.12. The van der Waals surface area contributed by atoms with E-state index in [4.69, 9.17) is 6.42 Å². The molecule has 0 aliphatic heterocycles. The number of fused-ring (bicyclic) bond motifs is 5. The van der Waals surface area contributed by atoms with Crippen molar-refractivity contribution in [2.75, 3.05) is 0 Å². The number of allylic oxidation sites excluding steroid dienone is 4. The Morgan fingerprint density at radius 1 is 1.39 bits per heavy atom. The van der Waals surface area contributed by atoms with Crippen molar-refractivity contribution in [1.29, 1.82) is 0 Å². The van der Waals surface area contributed by atoms with Gasteiger partial charge in [-0.3, -0.25) is 4.79 Å². The van der Waals surface area contributed by atoms with Gasteiger partial charge in [0.15, 0.2) is 5.78 Å².